The van der Waals surface area contributed by atoms with Gasteiger partial charge in [0.2, 0.25) is 5.91 Å². The summed E-state index contributed by atoms with van der Waals surface area (Å²) in [5, 5.41) is 11.9. The van der Waals surface area contributed by atoms with Gasteiger partial charge in [0.15, 0.2) is 0 Å². The molecular formula is C15H19NO4. The van der Waals surface area contributed by atoms with E-state index in [9.17, 15) is 14.7 Å². The minimum absolute atomic E-state index is 0.229. The van der Waals surface area contributed by atoms with E-state index in [1.807, 2.05) is 30.3 Å². The molecule has 5 heteroatoms. The van der Waals surface area contributed by atoms with Crippen LogP contribution >= 0.6 is 0 Å². The predicted molar refractivity (Wildman–Crippen MR) is 73.3 cm³/mol. The Hall–Kier alpha value is -1.88. The van der Waals surface area contributed by atoms with Crippen LogP contribution in [0.25, 0.3) is 0 Å². The maximum absolute atomic E-state index is 12.0. The molecule has 1 unspecified atom stereocenters. The van der Waals surface area contributed by atoms with Gasteiger partial charge in [0.05, 0.1) is 12.5 Å². The monoisotopic (exact) mass is 277 g/mol. The van der Waals surface area contributed by atoms with Gasteiger partial charge in [-0.1, -0.05) is 30.3 Å². The van der Waals surface area contributed by atoms with Crippen molar-refractivity contribution in [1.82, 2.24) is 5.32 Å². The number of nitrogens with one attached hydrogen (secondary N) is 1. The van der Waals surface area contributed by atoms with Gasteiger partial charge in [0, 0.05) is 13.0 Å². The second-order valence-corrected chi connectivity index (χ2v) is 5.00. The largest absolute Gasteiger partial charge is 0.480 e. The average molecular weight is 277 g/mol. The third-order valence-corrected chi connectivity index (χ3v) is 3.43. The van der Waals surface area contributed by atoms with Crippen LogP contribution in [0.15, 0.2) is 30.3 Å². The maximum Gasteiger partial charge on any atom is 0.326 e. The molecule has 5 nitrogen and oxygen atoms in total. The van der Waals surface area contributed by atoms with Crippen LogP contribution in [0.1, 0.15) is 18.4 Å². The minimum atomic E-state index is -1.01. The molecule has 1 fully saturated rings. The van der Waals surface area contributed by atoms with Crippen molar-refractivity contribution >= 4 is 11.9 Å². The molecule has 1 amide bonds. The van der Waals surface area contributed by atoms with Gasteiger partial charge in [-0.15, -0.1) is 0 Å². The Bertz CT molecular complexity index is 454. The molecule has 0 bridgehead atoms. The summed E-state index contributed by atoms with van der Waals surface area (Å²) in [5.41, 5.74) is 0.889. The SMILES string of the molecule is O=C(N[C@@H](Cc1ccccc1)C(=O)O)C1CCCOC1. The van der Waals surface area contributed by atoms with E-state index in [0.717, 1.165) is 18.4 Å². The van der Waals surface area contributed by atoms with Gasteiger partial charge in [-0.2, -0.15) is 0 Å². The molecular weight excluding hydrogens is 258 g/mol. The normalized spacial score (nSPS) is 20.1. The summed E-state index contributed by atoms with van der Waals surface area (Å²) in [4.78, 5) is 23.3. The summed E-state index contributed by atoms with van der Waals surface area (Å²) < 4.78 is 5.26. The maximum atomic E-state index is 12.0. The summed E-state index contributed by atoms with van der Waals surface area (Å²) in [7, 11) is 0. The lowest BCUT2D eigenvalue weighted by molar-refractivity contribution is -0.143. The van der Waals surface area contributed by atoms with Gasteiger partial charge in [-0.25, -0.2) is 4.79 Å². The van der Waals surface area contributed by atoms with Crippen molar-refractivity contribution in [2.75, 3.05) is 13.2 Å². The molecule has 0 radical (unpaired) electrons. The lowest BCUT2D eigenvalue weighted by Crippen LogP contribution is -2.46. The van der Waals surface area contributed by atoms with Crippen LogP contribution in [0.3, 0.4) is 0 Å². The fraction of sp³-hybridized carbons (Fsp3) is 0.467. The molecule has 1 aromatic rings. The molecule has 1 aliphatic heterocycles. The highest BCUT2D eigenvalue weighted by molar-refractivity contribution is 5.85. The highest BCUT2D eigenvalue weighted by Crippen LogP contribution is 2.14. The highest BCUT2D eigenvalue weighted by atomic mass is 16.5. The van der Waals surface area contributed by atoms with Crippen LogP contribution in [0.4, 0.5) is 0 Å². The Kier molecular flexibility index (Phi) is 5.12. The molecule has 20 heavy (non-hydrogen) atoms. The third-order valence-electron chi connectivity index (χ3n) is 3.43. The number of amides is 1. The summed E-state index contributed by atoms with van der Waals surface area (Å²) in [6.45, 7) is 1.06. The summed E-state index contributed by atoms with van der Waals surface area (Å²) >= 11 is 0. The lowest BCUT2D eigenvalue weighted by atomic mass is 10.00. The van der Waals surface area contributed by atoms with E-state index >= 15 is 0 Å². The molecule has 0 aromatic heterocycles. The Balaban J connectivity index is 1.95. The van der Waals surface area contributed by atoms with Crippen LogP contribution in [0.2, 0.25) is 0 Å². The number of carbonyl (C=O) groups excluding carboxylic acids is 1. The van der Waals surface area contributed by atoms with Crippen LogP contribution in [0.5, 0.6) is 0 Å². The standard InChI is InChI=1S/C15H19NO4/c17-14(12-7-4-8-20-10-12)16-13(15(18)19)9-11-5-2-1-3-6-11/h1-3,5-6,12-13H,4,7-10H2,(H,16,17)(H,18,19)/t12?,13-/m0/s1. The average Bonchev–Trinajstić information content (AvgIpc) is 2.48. The van der Waals surface area contributed by atoms with Crippen LogP contribution in [-0.2, 0) is 20.7 Å². The Morgan fingerprint density at radius 1 is 1.35 bits per heavy atom. The van der Waals surface area contributed by atoms with Gasteiger partial charge in [-0.3, -0.25) is 4.79 Å². The van der Waals surface area contributed by atoms with Gasteiger partial charge < -0.3 is 15.2 Å². The van der Waals surface area contributed by atoms with Gasteiger partial charge in [0.25, 0.3) is 0 Å². The van der Waals surface area contributed by atoms with E-state index in [1.54, 1.807) is 0 Å². The number of carboxylic acids is 1. The Morgan fingerprint density at radius 2 is 2.10 bits per heavy atom. The molecule has 2 atom stereocenters. The molecule has 0 aliphatic carbocycles. The fourth-order valence-electron chi connectivity index (χ4n) is 2.29. The first-order chi connectivity index (χ1) is 9.66. The quantitative estimate of drug-likeness (QED) is 0.848. The van der Waals surface area contributed by atoms with Gasteiger partial charge in [0.1, 0.15) is 6.04 Å². The number of hydrogen-bond acceptors (Lipinski definition) is 3. The van der Waals surface area contributed by atoms with E-state index < -0.39 is 12.0 Å². The number of aliphatic carboxylic acids is 1. The van der Waals surface area contributed by atoms with Crippen molar-refractivity contribution in [3.8, 4) is 0 Å². The highest BCUT2D eigenvalue weighted by Gasteiger charge is 2.26. The zero-order valence-electron chi connectivity index (χ0n) is 11.2. The van der Waals surface area contributed by atoms with Crippen molar-refractivity contribution in [2.45, 2.75) is 25.3 Å². The molecule has 1 saturated heterocycles. The zero-order valence-corrected chi connectivity index (χ0v) is 11.2. The summed E-state index contributed by atoms with van der Waals surface area (Å²) in [6.07, 6.45) is 1.88. The van der Waals surface area contributed by atoms with Crippen LogP contribution in [0, 0.1) is 5.92 Å². The lowest BCUT2D eigenvalue weighted by Gasteiger charge is -2.23. The van der Waals surface area contributed by atoms with E-state index in [4.69, 9.17) is 4.74 Å². The molecule has 2 N–H and O–H groups in total. The van der Waals surface area contributed by atoms with E-state index in [2.05, 4.69) is 5.32 Å². The van der Waals surface area contributed by atoms with Crippen LogP contribution < -0.4 is 5.32 Å². The predicted octanol–water partition coefficient (Wildman–Crippen LogP) is 1.23. The number of hydrogen-bond donors (Lipinski definition) is 2. The second kappa shape index (κ2) is 7.05. The van der Waals surface area contributed by atoms with Crippen LogP contribution in [-0.4, -0.2) is 36.2 Å². The summed E-state index contributed by atoms with van der Waals surface area (Å²) in [5.74, 6) is -1.48. The molecule has 108 valence electrons. The molecule has 1 heterocycles. The first kappa shape index (κ1) is 14.5. The van der Waals surface area contributed by atoms with E-state index in [1.165, 1.54) is 0 Å². The molecule has 1 aromatic carbocycles. The Morgan fingerprint density at radius 3 is 2.70 bits per heavy atom. The second-order valence-electron chi connectivity index (χ2n) is 5.00. The van der Waals surface area contributed by atoms with Gasteiger partial charge >= 0.3 is 5.97 Å². The smallest absolute Gasteiger partial charge is 0.326 e. The number of carboxylic acid groups (broad SMARTS) is 1. The topological polar surface area (TPSA) is 75.6 Å². The molecule has 0 saturated carbocycles. The van der Waals surface area contributed by atoms with Crippen molar-refractivity contribution < 1.29 is 19.4 Å². The Labute approximate surface area is 117 Å². The minimum Gasteiger partial charge on any atom is -0.480 e. The van der Waals surface area contributed by atoms with Crippen molar-refractivity contribution in [2.24, 2.45) is 5.92 Å². The van der Waals surface area contributed by atoms with Crippen molar-refractivity contribution in [3.05, 3.63) is 35.9 Å². The first-order valence-corrected chi connectivity index (χ1v) is 6.81. The number of carbonyl (C=O) groups is 2. The number of rotatable bonds is 5. The molecule has 1 aliphatic rings. The molecule has 2 rings (SSSR count). The van der Waals surface area contributed by atoms with Crippen molar-refractivity contribution in [3.63, 3.8) is 0 Å². The number of ether oxygens (including phenoxy) is 1. The first-order valence-electron chi connectivity index (χ1n) is 6.81. The van der Waals surface area contributed by atoms with E-state index in [0.29, 0.717) is 13.2 Å². The fourth-order valence-corrected chi connectivity index (χ4v) is 2.29. The zero-order chi connectivity index (χ0) is 14.4. The molecule has 0 spiro atoms. The summed E-state index contributed by atoms with van der Waals surface area (Å²) in [6, 6.07) is 8.39. The van der Waals surface area contributed by atoms with E-state index in [-0.39, 0.29) is 18.2 Å². The van der Waals surface area contributed by atoms with Gasteiger partial charge in [-0.05, 0) is 18.4 Å². The number of benzene rings is 1. The third kappa shape index (κ3) is 4.06. The van der Waals surface area contributed by atoms with Crippen molar-refractivity contribution in [1.29, 1.82) is 0 Å².